The quantitative estimate of drug-likeness (QED) is 0.584. The minimum atomic E-state index is -0.393. The molecule has 1 saturated heterocycles. The zero-order valence-electron chi connectivity index (χ0n) is 7.62. The number of carbonyl (C=O) groups excluding carboxylic acids is 1. The number of nitrogens with two attached hydrogens (primary N) is 1. The van der Waals surface area contributed by atoms with E-state index in [-0.39, 0.29) is 12.0 Å². The first-order valence-electron chi connectivity index (χ1n) is 4.27. The van der Waals surface area contributed by atoms with Gasteiger partial charge in [0.1, 0.15) is 0 Å². The van der Waals surface area contributed by atoms with Crippen LogP contribution in [0.25, 0.3) is 0 Å². The molecule has 1 amide bonds. The van der Waals surface area contributed by atoms with Crippen molar-refractivity contribution in [1.82, 2.24) is 4.90 Å². The highest BCUT2D eigenvalue weighted by molar-refractivity contribution is 5.81. The Labute approximate surface area is 72.7 Å². The maximum Gasteiger partial charge on any atom is 0.239 e. The van der Waals surface area contributed by atoms with Crippen LogP contribution in [0.5, 0.6) is 0 Å². The second-order valence-electron chi connectivity index (χ2n) is 3.25. The fourth-order valence-corrected chi connectivity index (χ4v) is 1.31. The highest BCUT2D eigenvalue weighted by Crippen LogP contribution is 2.05. The molecule has 1 heterocycles. The van der Waals surface area contributed by atoms with E-state index in [9.17, 15) is 4.79 Å². The number of hydrogen-bond donors (Lipinski definition) is 1. The van der Waals surface area contributed by atoms with Crippen molar-refractivity contribution in [2.24, 2.45) is 5.73 Å². The van der Waals surface area contributed by atoms with Crippen molar-refractivity contribution >= 4 is 5.91 Å². The van der Waals surface area contributed by atoms with E-state index in [2.05, 4.69) is 0 Å². The topological polar surface area (TPSA) is 55.6 Å². The maximum absolute atomic E-state index is 11.4. The summed E-state index contributed by atoms with van der Waals surface area (Å²) in [5.74, 6) is 0.0187. The summed E-state index contributed by atoms with van der Waals surface area (Å²) in [4.78, 5) is 13.2. The third kappa shape index (κ3) is 2.19. The van der Waals surface area contributed by atoms with Crippen LogP contribution < -0.4 is 5.73 Å². The van der Waals surface area contributed by atoms with Crippen LogP contribution in [0.2, 0.25) is 0 Å². The molecule has 0 aromatic heterocycles. The summed E-state index contributed by atoms with van der Waals surface area (Å²) in [6.07, 6.45) is 0.140. The Balaban J connectivity index is 2.46. The predicted molar refractivity (Wildman–Crippen MR) is 45.6 cm³/mol. The molecule has 1 aliphatic rings. The smallest absolute Gasteiger partial charge is 0.239 e. The molecule has 4 nitrogen and oxygen atoms in total. The van der Waals surface area contributed by atoms with Crippen LogP contribution in [-0.2, 0) is 9.53 Å². The zero-order valence-corrected chi connectivity index (χ0v) is 7.62. The minimum absolute atomic E-state index is 0.0187. The van der Waals surface area contributed by atoms with E-state index in [4.69, 9.17) is 10.5 Å². The van der Waals surface area contributed by atoms with E-state index >= 15 is 0 Å². The van der Waals surface area contributed by atoms with E-state index in [0.29, 0.717) is 19.7 Å². The van der Waals surface area contributed by atoms with Crippen LogP contribution in [0.3, 0.4) is 0 Å². The first-order valence-corrected chi connectivity index (χ1v) is 4.27. The molecule has 2 unspecified atom stereocenters. The van der Waals surface area contributed by atoms with Crippen LogP contribution in [-0.4, -0.2) is 42.6 Å². The van der Waals surface area contributed by atoms with Crippen molar-refractivity contribution in [3.8, 4) is 0 Å². The van der Waals surface area contributed by atoms with Crippen LogP contribution >= 0.6 is 0 Å². The number of ether oxygens (including phenoxy) is 1. The Morgan fingerprint density at radius 1 is 1.75 bits per heavy atom. The summed E-state index contributed by atoms with van der Waals surface area (Å²) in [7, 11) is 0. The summed E-state index contributed by atoms with van der Waals surface area (Å²) < 4.78 is 5.30. The van der Waals surface area contributed by atoms with Gasteiger partial charge in [-0.1, -0.05) is 0 Å². The number of rotatable bonds is 1. The molecule has 4 heteroatoms. The lowest BCUT2D eigenvalue weighted by molar-refractivity contribution is -0.139. The van der Waals surface area contributed by atoms with Gasteiger partial charge in [-0.2, -0.15) is 0 Å². The monoisotopic (exact) mass is 172 g/mol. The van der Waals surface area contributed by atoms with Crippen molar-refractivity contribution < 1.29 is 9.53 Å². The van der Waals surface area contributed by atoms with Gasteiger partial charge in [-0.05, 0) is 13.8 Å². The Morgan fingerprint density at radius 3 is 2.92 bits per heavy atom. The first kappa shape index (κ1) is 9.48. The number of hydrogen-bond acceptors (Lipinski definition) is 3. The summed E-state index contributed by atoms with van der Waals surface area (Å²) in [6, 6.07) is -0.393. The van der Waals surface area contributed by atoms with Gasteiger partial charge in [-0.15, -0.1) is 0 Å². The molecular formula is C8H16N2O2. The Kier molecular flexibility index (Phi) is 3.05. The lowest BCUT2D eigenvalue weighted by Gasteiger charge is -2.32. The van der Waals surface area contributed by atoms with Gasteiger partial charge in [0.05, 0.1) is 18.8 Å². The lowest BCUT2D eigenvalue weighted by atomic mass is 10.2. The Bertz CT molecular complexity index is 170. The third-order valence-electron chi connectivity index (χ3n) is 1.94. The van der Waals surface area contributed by atoms with E-state index in [1.165, 1.54) is 0 Å². The van der Waals surface area contributed by atoms with Gasteiger partial charge in [-0.25, -0.2) is 0 Å². The summed E-state index contributed by atoms with van der Waals surface area (Å²) in [6.45, 7) is 5.63. The normalized spacial score (nSPS) is 26.9. The molecule has 1 rings (SSSR count). The van der Waals surface area contributed by atoms with E-state index < -0.39 is 6.04 Å². The molecule has 0 aromatic rings. The number of carbonyl (C=O) groups is 1. The molecule has 0 bridgehead atoms. The molecule has 2 atom stereocenters. The largest absolute Gasteiger partial charge is 0.375 e. The van der Waals surface area contributed by atoms with Crippen molar-refractivity contribution in [3.63, 3.8) is 0 Å². The molecule has 2 N–H and O–H groups in total. The summed E-state index contributed by atoms with van der Waals surface area (Å²) >= 11 is 0. The van der Waals surface area contributed by atoms with Gasteiger partial charge in [-0.3, -0.25) is 4.79 Å². The number of amides is 1. The van der Waals surface area contributed by atoms with Gasteiger partial charge >= 0.3 is 0 Å². The molecular weight excluding hydrogens is 156 g/mol. The van der Waals surface area contributed by atoms with Crippen LogP contribution in [0.4, 0.5) is 0 Å². The van der Waals surface area contributed by atoms with Gasteiger partial charge in [0.25, 0.3) is 0 Å². The fraction of sp³-hybridized carbons (Fsp3) is 0.875. The summed E-state index contributed by atoms with van der Waals surface area (Å²) in [5, 5.41) is 0. The molecule has 0 spiro atoms. The standard InChI is InChI=1S/C8H16N2O2/c1-6-5-10(3-4-12-6)8(11)7(2)9/h6-7H,3-5,9H2,1-2H3. The molecule has 0 radical (unpaired) electrons. The highest BCUT2D eigenvalue weighted by Gasteiger charge is 2.22. The highest BCUT2D eigenvalue weighted by atomic mass is 16.5. The molecule has 1 aliphatic heterocycles. The molecule has 1 fully saturated rings. The Morgan fingerprint density at radius 2 is 2.42 bits per heavy atom. The molecule has 12 heavy (non-hydrogen) atoms. The average Bonchev–Trinajstić information content (AvgIpc) is 2.03. The van der Waals surface area contributed by atoms with Crippen molar-refractivity contribution in [1.29, 1.82) is 0 Å². The van der Waals surface area contributed by atoms with Crippen molar-refractivity contribution in [2.45, 2.75) is 26.0 Å². The van der Waals surface area contributed by atoms with Crippen LogP contribution in [0.1, 0.15) is 13.8 Å². The lowest BCUT2D eigenvalue weighted by Crippen LogP contribution is -2.49. The van der Waals surface area contributed by atoms with Crippen LogP contribution in [0, 0.1) is 0 Å². The van der Waals surface area contributed by atoms with E-state index in [1.807, 2.05) is 6.92 Å². The number of morpholine rings is 1. The second kappa shape index (κ2) is 3.87. The molecule has 0 aliphatic carbocycles. The zero-order chi connectivity index (χ0) is 9.14. The first-order chi connectivity index (χ1) is 5.61. The van der Waals surface area contributed by atoms with E-state index in [1.54, 1.807) is 11.8 Å². The minimum Gasteiger partial charge on any atom is -0.375 e. The van der Waals surface area contributed by atoms with Gasteiger partial charge in [0.2, 0.25) is 5.91 Å². The predicted octanol–water partition coefficient (Wildman–Crippen LogP) is -0.419. The van der Waals surface area contributed by atoms with Gasteiger partial charge in [0, 0.05) is 13.1 Å². The van der Waals surface area contributed by atoms with Crippen molar-refractivity contribution in [2.75, 3.05) is 19.7 Å². The van der Waals surface area contributed by atoms with Crippen molar-refractivity contribution in [3.05, 3.63) is 0 Å². The molecule has 0 saturated carbocycles. The Hall–Kier alpha value is -0.610. The molecule has 70 valence electrons. The number of nitrogens with zero attached hydrogens (tertiary/aromatic N) is 1. The molecule has 0 aromatic carbocycles. The maximum atomic E-state index is 11.4. The average molecular weight is 172 g/mol. The van der Waals surface area contributed by atoms with E-state index in [0.717, 1.165) is 0 Å². The third-order valence-corrected chi connectivity index (χ3v) is 1.94. The second-order valence-corrected chi connectivity index (χ2v) is 3.25. The SMILES string of the molecule is CC1CN(C(=O)C(C)N)CCO1. The van der Waals surface area contributed by atoms with Gasteiger partial charge in [0.15, 0.2) is 0 Å². The fourth-order valence-electron chi connectivity index (χ4n) is 1.31. The summed E-state index contributed by atoms with van der Waals surface area (Å²) in [5.41, 5.74) is 5.48. The van der Waals surface area contributed by atoms with Gasteiger partial charge < -0.3 is 15.4 Å². The van der Waals surface area contributed by atoms with Crippen LogP contribution in [0.15, 0.2) is 0 Å².